The Morgan fingerprint density at radius 2 is 1.94 bits per heavy atom. The predicted octanol–water partition coefficient (Wildman–Crippen LogP) is 3.89. The number of amides is 1. The molecular formula is C23H30FIN4O2. The fraction of sp³-hybridized carbons (Fsp3) is 0.391. The van der Waals surface area contributed by atoms with Gasteiger partial charge in [0.1, 0.15) is 12.4 Å². The molecule has 1 saturated heterocycles. The molecule has 2 aromatic rings. The van der Waals surface area contributed by atoms with Gasteiger partial charge in [-0.05, 0) is 43.2 Å². The lowest BCUT2D eigenvalue weighted by Gasteiger charge is -2.21. The fourth-order valence-electron chi connectivity index (χ4n) is 3.38. The van der Waals surface area contributed by atoms with Crippen molar-refractivity contribution in [1.82, 2.24) is 10.2 Å². The van der Waals surface area contributed by atoms with Crippen LogP contribution in [-0.2, 0) is 16.1 Å². The molecule has 6 nitrogen and oxygen atoms in total. The molecule has 1 unspecified atom stereocenters. The van der Waals surface area contributed by atoms with Gasteiger partial charge in [-0.1, -0.05) is 30.3 Å². The van der Waals surface area contributed by atoms with Gasteiger partial charge in [-0.2, -0.15) is 0 Å². The van der Waals surface area contributed by atoms with Gasteiger partial charge in [-0.3, -0.25) is 4.79 Å². The van der Waals surface area contributed by atoms with Crippen LogP contribution in [0.3, 0.4) is 0 Å². The molecule has 8 heteroatoms. The number of ether oxygens (including phenoxy) is 1. The van der Waals surface area contributed by atoms with Gasteiger partial charge < -0.3 is 20.3 Å². The third kappa shape index (κ3) is 8.45. The van der Waals surface area contributed by atoms with Crippen LogP contribution in [0.2, 0.25) is 0 Å². The molecule has 168 valence electrons. The second-order valence-electron chi connectivity index (χ2n) is 7.33. The van der Waals surface area contributed by atoms with E-state index in [-0.39, 0.29) is 42.2 Å². The molecule has 2 aromatic carbocycles. The number of nitrogens with one attached hydrogen (secondary N) is 2. The van der Waals surface area contributed by atoms with Crippen molar-refractivity contribution in [3.63, 3.8) is 0 Å². The molecule has 0 bridgehead atoms. The number of nitrogens with zero attached hydrogens (tertiary/aromatic N) is 2. The van der Waals surface area contributed by atoms with Crippen molar-refractivity contribution in [2.75, 3.05) is 38.1 Å². The van der Waals surface area contributed by atoms with E-state index >= 15 is 0 Å². The van der Waals surface area contributed by atoms with E-state index in [2.05, 4.69) is 32.7 Å². The summed E-state index contributed by atoms with van der Waals surface area (Å²) >= 11 is 0. The van der Waals surface area contributed by atoms with Gasteiger partial charge in [0.05, 0.1) is 13.2 Å². The number of hydrogen-bond donors (Lipinski definition) is 2. The topological polar surface area (TPSA) is 66.0 Å². The van der Waals surface area contributed by atoms with Gasteiger partial charge in [0, 0.05) is 31.2 Å². The Labute approximate surface area is 200 Å². The van der Waals surface area contributed by atoms with Crippen molar-refractivity contribution in [2.45, 2.75) is 20.0 Å². The Morgan fingerprint density at radius 3 is 2.65 bits per heavy atom. The molecule has 1 aliphatic heterocycles. The summed E-state index contributed by atoms with van der Waals surface area (Å²) in [5.74, 6) is 0.596. The normalized spacial score (nSPS) is 16.0. The molecule has 0 saturated carbocycles. The number of likely N-dealkylation sites (tertiary alicyclic amines) is 1. The van der Waals surface area contributed by atoms with Crippen LogP contribution in [0.5, 0.6) is 0 Å². The summed E-state index contributed by atoms with van der Waals surface area (Å²) < 4.78 is 18.9. The Balaban J connectivity index is 0.00000341. The maximum atomic E-state index is 13.0. The molecule has 0 spiro atoms. The highest BCUT2D eigenvalue weighted by Crippen LogP contribution is 2.17. The van der Waals surface area contributed by atoms with E-state index in [4.69, 9.17) is 4.74 Å². The van der Waals surface area contributed by atoms with Gasteiger partial charge in [0.2, 0.25) is 5.91 Å². The Hall–Kier alpha value is -2.20. The molecule has 1 amide bonds. The van der Waals surface area contributed by atoms with Crippen molar-refractivity contribution in [2.24, 2.45) is 10.9 Å². The van der Waals surface area contributed by atoms with Crippen LogP contribution in [0, 0.1) is 11.7 Å². The second kappa shape index (κ2) is 13.3. The molecule has 2 N–H and O–H groups in total. The lowest BCUT2D eigenvalue weighted by molar-refractivity contribution is -0.114. The standard InChI is InChI=1S/C23H29FN4O2.HI/c1-2-25-23(26-14-22(29)27-21-10-8-20(24)9-11-21)28-13-12-19(15-28)17-30-16-18-6-4-3-5-7-18;/h3-11,19H,2,12-17H2,1H3,(H,25,26)(H,27,29);1H. The van der Waals surface area contributed by atoms with E-state index in [9.17, 15) is 9.18 Å². The summed E-state index contributed by atoms with van der Waals surface area (Å²) in [6.07, 6.45) is 1.03. The van der Waals surface area contributed by atoms with Crippen molar-refractivity contribution in [3.05, 3.63) is 66.0 Å². The summed E-state index contributed by atoms with van der Waals surface area (Å²) in [4.78, 5) is 18.8. The number of guanidine groups is 1. The zero-order valence-corrected chi connectivity index (χ0v) is 20.1. The first-order valence-electron chi connectivity index (χ1n) is 10.3. The van der Waals surface area contributed by atoms with E-state index in [0.717, 1.165) is 32.0 Å². The van der Waals surface area contributed by atoms with E-state index in [0.29, 0.717) is 24.8 Å². The van der Waals surface area contributed by atoms with Crippen molar-refractivity contribution >= 4 is 41.5 Å². The zero-order chi connectivity index (χ0) is 21.2. The zero-order valence-electron chi connectivity index (χ0n) is 17.7. The molecular weight excluding hydrogens is 510 g/mol. The number of carbonyl (C=O) groups is 1. The number of halogens is 2. The first kappa shape index (κ1) is 25.1. The Kier molecular flexibility index (Phi) is 10.7. The molecule has 0 aliphatic carbocycles. The molecule has 1 heterocycles. The van der Waals surface area contributed by atoms with Crippen molar-refractivity contribution in [1.29, 1.82) is 0 Å². The van der Waals surface area contributed by atoms with Gasteiger partial charge >= 0.3 is 0 Å². The monoisotopic (exact) mass is 540 g/mol. The van der Waals surface area contributed by atoms with Gasteiger partial charge in [-0.15, -0.1) is 24.0 Å². The van der Waals surface area contributed by atoms with Crippen LogP contribution in [0.4, 0.5) is 10.1 Å². The Morgan fingerprint density at radius 1 is 1.19 bits per heavy atom. The maximum absolute atomic E-state index is 13.0. The quantitative estimate of drug-likeness (QED) is 0.303. The van der Waals surface area contributed by atoms with E-state index in [1.54, 1.807) is 0 Å². The number of aliphatic imine (C=N–C) groups is 1. The lowest BCUT2D eigenvalue weighted by Crippen LogP contribution is -2.40. The predicted molar refractivity (Wildman–Crippen MR) is 132 cm³/mol. The summed E-state index contributed by atoms with van der Waals surface area (Å²) in [5.41, 5.74) is 1.73. The van der Waals surface area contributed by atoms with Crippen LogP contribution >= 0.6 is 24.0 Å². The average molecular weight is 540 g/mol. The molecule has 31 heavy (non-hydrogen) atoms. The van der Waals surface area contributed by atoms with Crippen LogP contribution in [0.1, 0.15) is 18.9 Å². The van der Waals surface area contributed by atoms with Crippen molar-refractivity contribution in [3.8, 4) is 0 Å². The number of hydrogen-bond acceptors (Lipinski definition) is 3. The van der Waals surface area contributed by atoms with E-state index in [1.807, 2.05) is 25.1 Å². The number of anilines is 1. The first-order valence-corrected chi connectivity index (χ1v) is 10.3. The van der Waals surface area contributed by atoms with Crippen LogP contribution in [0.25, 0.3) is 0 Å². The van der Waals surface area contributed by atoms with Gasteiger partial charge in [0.15, 0.2) is 5.96 Å². The van der Waals surface area contributed by atoms with Crippen molar-refractivity contribution < 1.29 is 13.9 Å². The number of rotatable bonds is 8. The van der Waals surface area contributed by atoms with Crippen LogP contribution in [0.15, 0.2) is 59.6 Å². The van der Waals surface area contributed by atoms with Gasteiger partial charge in [0.25, 0.3) is 0 Å². The van der Waals surface area contributed by atoms with E-state index < -0.39 is 0 Å². The summed E-state index contributed by atoms with van der Waals surface area (Å²) in [7, 11) is 0. The minimum absolute atomic E-state index is 0. The summed E-state index contributed by atoms with van der Waals surface area (Å²) in [6, 6.07) is 15.8. The number of benzene rings is 2. The fourth-order valence-corrected chi connectivity index (χ4v) is 3.38. The van der Waals surface area contributed by atoms with Gasteiger partial charge in [-0.25, -0.2) is 9.38 Å². The average Bonchev–Trinajstić information content (AvgIpc) is 3.22. The second-order valence-corrected chi connectivity index (χ2v) is 7.33. The summed E-state index contributed by atoms with van der Waals surface area (Å²) in [5, 5.41) is 5.99. The number of carbonyl (C=O) groups excluding carboxylic acids is 1. The Bertz CT molecular complexity index is 833. The highest BCUT2D eigenvalue weighted by atomic mass is 127. The highest BCUT2D eigenvalue weighted by Gasteiger charge is 2.25. The van der Waals surface area contributed by atoms with Crippen LogP contribution in [-0.4, -0.2) is 49.6 Å². The molecule has 1 aliphatic rings. The minimum atomic E-state index is -0.336. The lowest BCUT2D eigenvalue weighted by atomic mass is 10.1. The summed E-state index contributed by atoms with van der Waals surface area (Å²) in [6.45, 7) is 5.79. The minimum Gasteiger partial charge on any atom is -0.376 e. The van der Waals surface area contributed by atoms with Crippen LogP contribution < -0.4 is 10.6 Å². The molecule has 3 rings (SSSR count). The third-order valence-electron chi connectivity index (χ3n) is 4.89. The third-order valence-corrected chi connectivity index (χ3v) is 4.89. The van der Waals surface area contributed by atoms with E-state index in [1.165, 1.54) is 29.8 Å². The molecule has 0 radical (unpaired) electrons. The first-order chi connectivity index (χ1) is 14.6. The molecule has 1 atom stereocenters. The smallest absolute Gasteiger partial charge is 0.246 e. The largest absolute Gasteiger partial charge is 0.376 e. The highest BCUT2D eigenvalue weighted by molar-refractivity contribution is 14.0. The molecule has 0 aromatic heterocycles. The molecule has 1 fully saturated rings. The maximum Gasteiger partial charge on any atom is 0.246 e. The SMILES string of the molecule is CCNC(=NCC(=O)Nc1ccc(F)cc1)N1CCC(COCc2ccccc2)C1.I.